The number of hydrogen-bond acceptors (Lipinski definition) is 4. The van der Waals surface area contributed by atoms with Gasteiger partial charge in [-0.3, -0.25) is 4.79 Å². The van der Waals surface area contributed by atoms with E-state index in [4.69, 9.17) is 5.11 Å². The molecule has 2 N–H and O–H groups in total. The Balaban J connectivity index is 2.17. The van der Waals surface area contributed by atoms with Crippen LogP contribution in [0.15, 0.2) is 18.7 Å². The van der Waals surface area contributed by atoms with E-state index in [-0.39, 0.29) is 6.42 Å². The van der Waals surface area contributed by atoms with Crippen LogP contribution in [0.5, 0.6) is 0 Å². The molecule has 70 valence electrons. The summed E-state index contributed by atoms with van der Waals surface area (Å²) in [6, 6.07) is 0. The maximum Gasteiger partial charge on any atom is 0.304 e. The second kappa shape index (κ2) is 5.21. The molecule has 0 fully saturated rings. The van der Waals surface area contributed by atoms with Crippen LogP contribution in [0.1, 0.15) is 12.0 Å². The summed E-state index contributed by atoms with van der Waals surface area (Å²) in [6.07, 6.45) is 4.98. The lowest BCUT2D eigenvalue weighted by molar-refractivity contribution is -0.136. The molecule has 0 aliphatic carbocycles. The summed E-state index contributed by atoms with van der Waals surface area (Å²) >= 11 is 0. The molecular formula is C8H11N3O2. The molecule has 5 nitrogen and oxygen atoms in total. The van der Waals surface area contributed by atoms with Crippen molar-refractivity contribution in [2.24, 2.45) is 0 Å². The third kappa shape index (κ3) is 4.17. The van der Waals surface area contributed by atoms with Gasteiger partial charge in [0.15, 0.2) is 0 Å². The van der Waals surface area contributed by atoms with Crippen molar-refractivity contribution in [2.45, 2.75) is 13.0 Å². The van der Waals surface area contributed by atoms with Crippen molar-refractivity contribution >= 4 is 5.97 Å². The van der Waals surface area contributed by atoms with Crippen LogP contribution in [0.25, 0.3) is 0 Å². The summed E-state index contributed by atoms with van der Waals surface area (Å²) in [4.78, 5) is 17.8. The molecule has 1 heterocycles. The summed E-state index contributed by atoms with van der Waals surface area (Å²) in [5.41, 5.74) is 0.952. The highest BCUT2D eigenvalue weighted by atomic mass is 16.4. The predicted molar refractivity (Wildman–Crippen MR) is 46.0 cm³/mol. The molecule has 1 aromatic rings. The van der Waals surface area contributed by atoms with Gasteiger partial charge in [-0.15, -0.1) is 0 Å². The number of aromatic nitrogens is 2. The number of rotatable bonds is 5. The van der Waals surface area contributed by atoms with Crippen molar-refractivity contribution < 1.29 is 9.90 Å². The molecule has 0 aliphatic heterocycles. The smallest absolute Gasteiger partial charge is 0.304 e. The van der Waals surface area contributed by atoms with Gasteiger partial charge in [0, 0.05) is 31.0 Å². The Hall–Kier alpha value is -1.49. The van der Waals surface area contributed by atoms with Crippen molar-refractivity contribution in [3.05, 3.63) is 24.3 Å². The van der Waals surface area contributed by atoms with Crippen LogP contribution < -0.4 is 5.32 Å². The molecule has 13 heavy (non-hydrogen) atoms. The number of carbonyl (C=O) groups is 1. The van der Waals surface area contributed by atoms with Crippen LogP contribution in [-0.4, -0.2) is 27.6 Å². The maximum atomic E-state index is 10.1. The van der Waals surface area contributed by atoms with E-state index >= 15 is 0 Å². The first-order valence-corrected chi connectivity index (χ1v) is 3.95. The number of carboxylic acid groups (broad SMARTS) is 1. The average molecular weight is 181 g/mol. The van der Waals surface area contributed by atoms with Crippen molar-refractivity contribution in [3.8, 4) is 0 Å². The summed E-state index contributed by atoms with van der Waals surface area (Å²) in [7, 11) is 0. The summed E-state index contributed by atoms with van der Waals surface area (Å²) in [5, 5.41) is 11.3. The predicted octanol–water partition coefficient (Wildman–Crippen LogP) is 0.0409. The van der Waals surface area contributed by atoms with Crippen molar-refractivity contribution in [3.63, 3.8) is 0 Å². The number of nitrogens with zero attached hydrogens (tertiary/aromatic N) is 2. The zero-order valence-corrected chi connectivity index (χ0v) is 7.10. The van der Waals surface area contributed by atoms with Crippen LogP contribution in [0.2, 0.25) is 0 Å². The van der Waals surface area contributed by atoms with E-state index in [1.807, 2.05) is 0 Å². The molecule has 0 saturated carbocycles. The standard InChI is InChI=1S/C8H11N3O2/c12-8(13)1-2-9-3-7-4-10-6-11-5-7/h4-6,9H,1-3H2,(H,12,13). The minimum Gasteiger partial charge on any atom is -0.481 e. The van der Waals surface area contributed by atoms with Gasteiger partial charge in [0.2, 0.25) is 0 Å². The Kier molecular flexibility index (Phi) is 3.84. The van der Waals surface area contributed by atoms with Crippen LogP contribution in [0, 0.1) is 0 Å². The minimum atomic E-state index is -0.795. The average Bonchev–Trinajstić information content (AvgIpc) is 2.14. The van der Waals surface area contributed by atoms with Gasteiger partial charge < -0.3 is 10.4 Å². The highest BCUT2D eigenvalue weighted by Crippen LogP contribution is 1.91. The highest BCUT2D eigenvalue weighted by Gasteiger charge is 1.96. The Morgan fingerprint density at radius 3 is 2.77 bits per heavy atom. The van der Waals surface area contributed by atoms with Crippen molar-refractivity contribution in [2.75, 3.05) is 6.54 Å². The van der Waals surface area contributed by atoms with E-state index in [2.05, 4.69) is 15.3 Å². The van der Waals surface area contributed by atoms with Gasteiger partial charge in [-0.1, -0.05) is 0 Å². The molecule has 0 amide bonds. The Bertz CT molecular complexity index is 263. The van der Waals surface area contributed by atoms with Crippen LogP contribution >= 0.6 is 0 Å². The molecule has 0 atom stereocenters. The number of carboxylic acids is 1. The number of nitrogens with one attached hydrogen (secondary N) is 1. The van der Waals surface area contributed by atoms with Gasteiger partial charge in [-0.2, -0.15) is 0 Å². The second-order valence-corrected chi connectivity index (χ2v) is 2.57. The van der Waals surface area contributed by atoms with Crippen LogP contribution in [-0.2, 0) is 11.3 Å². The molecule has 1 aromatic heterocycles. The molecule has 0 aromatic carbocycles. The Morgan fingerprint density at radius 1 is 1.46 bits per heavy atom. The largest absolute Gasteiger partial charge is 0.481 e. The van der Waals surface area contributed by atoms with E-state index in [0.29, 0.717) is 13.1 Å². The summed E-state index contributed by atoms with van der Waals surface area (Å²) in [6.45, 7) is 1.07. The van der Waals surface area contributed by atoms with Crippen molar-refractivity contribution in [1.82, 2.24) is 15.3 Å². The van der Waals surface area contributed by atoms with E-state index in [1.54, 1.807) is 12.4 Å². The first-order valence-electron chi connectivity index (χ1n) is 3.95. The number of hydrogen-bond donors (Lipinski definition) is 2. The van der Waals surface area contributed by atoms with Crippen LogP contribution in [0.4, 0.5) is 0 Å². The molecule has 0 unspecified atom stereocenters. The van der Waals surface area contributed by atoms with Gasteiger partial charge in [0.25, 0.3) is 0 Å². The monoisotopic (exact) mass is 181 g/mol. The first-order chi connectivity index (χ1) is 6.29. The van der Waals surface area contributed by atoms with Crippen molar-refractivity contribution in [1.29, 1.82) is 0 Å². The Labute approximate surface area is 75.8 Å². The lowest BCUT2D eigenvalue weighted by atomic mass is 10.3. The van der Waals surface area contributed by atoms with Gasteiger partial charge >= 0.3 is 5.97 Å². The molecular weight excluding hydrogens is 170 g/mol. The third-order valence-corrected chi connectivity index (χ3v) is 1.46. The third-order valence-electron chi connectivity index (χ3n) is 1.46. The lowest BCUT2D eigenvalue weighted by Gasteiger charge is -2.00. The van der Waals surface area contributed by atoms with Gasteiger partial charge in [0.1, 0.15) is 6.33 Å². The molecule has 5 heteroatoms. The van der Waals surface area contributed by atoms with Gasteiger partial charge in [-0.05, 0) is 0 Å². The lowest BCUT2D eigenvalue weighted by Crippen LogP contribution is -2.17. The topological polar surface area (TPSA) is 75.1 Å². The Morgan fingerprint density at radius 2 is 2.15 bits per heavy atom. The molecule has 1 rings (SSSR count). The first kappa shape index (κ1) is 9.60. The van der Waals surface area contributed by atoms with Gasteiger partial charge in [-0.25, -0.2) is 9.97 Å². The fourth-order valence-corrected chi connectivity index (χ4v) is 0.849. The molecule has 0 aliphatic rings. The van der Waals surface area contributed by atoms with E-state index in [1.165, 1.54) is 6.33 Å². The SMILES string of the molecule is O=C(O)CCNCc1cncnc1. The van der Waals surface area contributed by atoms with Crippen LogP contribution in [0.3, 0.4) is 0 Å². The van der Waals surface area contributed by atoms with Gasteiger partial charge in [0.05, 0.1) is 6.42 Å². The van der Waals surface area contributed by atoms with E-state index < -0.39 is 5.97 Å². The quantitative estimate of drug-likeness (QED) is 0.627. The maximum absolute atomic E-state index is 10.1. The normalized spacial score (nSPS) is 9.85. The second-order valence-electron chi connectivity index (χ2n) is 2.57. The molecule has 0 saturated heterocycles. The number of aliphatic carboxylic acids is 1. The molecule has 0 radical (unpaired) electrons. The molecule has 0 spiro atoms. The fraction of sp³-hybridized carbons (Fsp3) is 0.375. The zero-order chi connectivity index (χ0) is 9.52. The highest BCUT2D eigenvalue weighted by molar-refractivity contribution is 5.66. The fourth-order valence-electron chi connectivity index (χ4n) is 0.849. The summed E-state index contributed by atoms with van der Waals surface area (Å²) in [5.74, 6) is -0.795. The van der Waals surface area contributed by atoms with E-state index in [9.17, 15) is 4.79 Å². The zero-order valence-electron chi connectivity index (χ0n) is 7.10. The van der Waals surface area contributed by atoms with E-state index in [0.717, 1.165) is 5.56 Å². The summed E-state index contributed by atoms with van der Waals surface area (Å²) < 4.78 is 0. The minimum absolute atomic E-state index is 0.133. The molecule has 0 bridgehead atoms.